The van der Waals surface area contributed by atoms with E-state index in [9.17, 15) is 9.59 Å². The van der Waals surface area contributed by atoms with Crippen molar-refractivity contribution in [1.82, 2.24) is 14.5 Å². The number of carbonyl (C=O) groups is 1. The van der Waals surface area contributed by atoms with E-state index in [2.05, 4.69) is 4.98 Å². The molecule has 1 saturated heterocycles. The smallest absolute Gasteiger partial charge is 0.274 e. The maximum atomic E-state index is 12.5. The molecule has 0 radical (unpaired) electrons. The molecule has 7 heteroatoms. The summed E-state index contributed by atoms with van der Waals surface area (Å²) >= 11 is 11.5. The van der Waals surface area contributed by atoms with Crippen LogP contribution in [0.5, 0.6) is 0 Å². The van der Waals surface area contributed by atoms with Crippen molar-refractivity contribution >= 4 is 29.1 Å². The fourth-order valence-corrected chi connectivity index (χ4v) is 2.64. The molecule has 110 valence electrons. The van der Waals surface area contributed by atoms with Crippen LogP contribution in [0, 0.1) is 0 Å². The molecule has 0 bridgehead atoms. The molecule has 2 heterocycles. The van der Waals surface area contributed by atoms with Crippen molar-refractivity contribution in [3.63, 3.8) is 0 Å². The highest BCUT2D eigenvalue weighted by molar-refractivity contribution is 6.40. The van der Waals surface area contributed by atoms with Crippen LogP contribution < -0.4 is 5.56 Å². The van der Waals surface area contributed by atoms with Gasteiger partial charge in [-0.1, -0.05) is 36.0 Å². The molecule has 0 saturated carbocycles. The lowest BCUT2D eigenvalue weighted by atomic mass is 10.2. The van der Waals surface area contributed by atoms with Gasteiger partial charge in [0.1, 0.15) is 17.4 Å². The molecule has 0 spiro atoms. The standard InChI is InChI=1S/C13H17Cl2N3O2/c1-9(12(19)17-6-4-2-3-5-7-17)18-8-16-11(15)10(14)13(18)20/h8-9H,2-7H2,1H3. The van der Waals surface area contributed by atoms with Crippen LogP contribution >= 0.6 is 23.2 Å². The van der Waals surface area contributed by atoms with Gasteiger partial charge in [-0.25, -0.2) is 4.98 Å². The summed E-state index contributed by atoms with van der Waals surface area (Å²) in [5, 5.41) is -0.188. The van der Waals surface area contributed by atoms with Crippen molar-refractivity contribution < 1.29 is 4.79 Å². The van der Waals surface area contributed by atoms with Gasteiger partial charge in [-0.15, -0.1) is 0 Å². The van der Waals surface area contributed by atoms with Gasteiger partial charge in [-0.05, 0) is 19.8 Å². The van der Waals surface area contributed by atoms with E-state index in [0.717, 1.165) is 38.8 Å². The van der Waals surface area contributed by atoms with Gasteiger partial charge in [0.25, 0.3) is 5.56 Å². The zero-order valence-electron chi connectivity index (χ0n) is 11.3. The minimum atomic E-state index is -0.622. The van der Waals surface area contributed by atoms with Gasteiger partial charge in [-0.2, -0.15) is 0 Å². The third-order valence-electron chi connectivity index (χ3n) is 3.59. The Bertz CT molecular complexity index is 551. The van der Waals surface area contributed by atoms with Crippen LogP contribution in [0.1, 0.15) is 38.6 Å². The van der Waals surface area contributed by atoms with E-state index in [1.165, 1.54) is 10.9 Å². The number of hydrogen-bond donors (Lipinski definition) is 0. The highest BCUT2D eigenvalue weighted by Crippen LogP contribution is 2.17. The first-order valence-electron chi connectivity index (χ1n) is 6.73. The molecule has 5 nitrogen and oxygen atoms in total. The average Bonchev–Trinajstić information content (AvgIpc) is 2.72. The van der Waals surface area contributed by atoms with Gasteiger partial charge in [0.15, 0.2) is 5.15 Å². The Kier molecular flexibility index (Phi) is 5.05. The average molecular weight is 318 g/mol. The number of likely N-dealkylation sites (tertiary alicyclic amines) is 1. The molecule has 1 unspecified atom stereocenters. The maximum Gasteiger partial charge on any atom is 0.274 e. The highest BCUT2D eigenvalue weighted by atomic mass is 35.5. The molecule has 1 aromatic rings. The van der Waals surface area contributed by atoms with Crippen LogP contribution in [-0.4, -0.2) is 33.4 Å². The first-order valence-corrected chi connectivity index (χ1v) is 7.49. The van der Waals surface area contributed by atoms with Crippen molar-refractivity contribution in [3.05, 3.63) is 26.9 Å². The first kappa shape index (κ1) is 15.3. The molecule has 1 atom stereocenters. The summed E-state index contributed by atoms with van der Waals surface area (Å²) in [7, 11) is 0. The Morgan fingerprint density at radius 1 is 1.25 bits per heavy atom. The number of rotatable bonds is 2. The molecule has 1 aliphatic rings. The number of amides is 1. The lowest BCUT2D eigenvalue weighted by Crippen LogP contribution is -2.40. The van der Waals surface area contributed by atoms with E-state index >= 15 is 0 Å². The Balaban J connectivity index is 2.22. The predicted octanol–water partition coefficient (Wildman–Crippen LogP) is 2.51. The van der Waals surface area contributed by atoms with Gasteiger partial charge in [0.2, 0.25) is 5.91 Å². The zero-order chi connectivity index (χ0) is 14.7. The summed E-state index contributed by atoms with van der Waals surface area (Å²) in [6, 6.07) is -0.622. The van der Waals surface area contributed by atoms with E-state index < -0.39 is 11.6 Å². The van der Waals surface area contributed by atoms with E-state index in [1.807, 2.05) is 4.90 Å². The maximum absolute atomic E-state index is 12.5. The summed E-state index contributed by atoms with van der Waals surface area (Å²) in [5.74, 6) is -0.0748. The monoisotopic (exact) mass is 317 g/mol. The number of aromatic nitrogens is 2. The van der Waals surface area contributed by atoms with Crippen molar-refractivity contribution in [2.24, 2.45) is 0 Å². The van der Waals surface area contributed by atoms with Gasteiger partial charge < -0.3 is 4.90 Å². The SMILES string of the molecule is CC(C(=O)N1CCCCCC1)n1cnc(Cl)c(Cl)c1=O. The van der Waals surface area contributed by atoms with Crippen LogP contribution in [0.15, 0.2) is 11.1 Å². The minimum absolute atomic E-state index is 0.0395. The summed E-state index contributed by atoms with van der Waals surface area (Å²) in [6.07, 6.45) is 5.58. The zero-order valence-corrected chi connectivity index (χ0v) is 12.8. The second-order valence-corrected chi connectivity index (χ2v) is 5.71. The predicted molar refractivity (Wildman–Crippen MR) is 78.3 cm³/mol. The van der Waals surface area contributed by atoms with Crippen LogP contribution in [0.25, 0.3) is 0 Å². The largest absolute Gasteiger partial charge is 0.341 e. The molecule has 0 aliphatic carbocycles. The van der Waals surface area contributed by atoms with Gasteiger partial charge in [-0.3, -0.25) is 14.2 Å². The highest BCUT2D eigenvalue weighted by Gasteiger charge is 2.24. The van der Waals surface area contributed by atoms with Crippen molar-refractivity contribution in [2.45, 2.75) is 38.6 Å². The Hall–Kier alpha value is -1.07. The molecule has 1 aliphatic heterocycles. The minimum Gasteiger partial charge on any atom is -0.341 e. The molecular formula is C13H17Cl2N3O2. The molecular weight excluding hydrogens is 301 g/mol. The van der Waals surface area contributed by atoms with Crippen molar-refractivity contribution in [3.8, 4) is 0 Å². The van der Waals surface area contributed by atoms with Gasteiger partial charge in [0, 0.05) is 13.1 Å². The lowest BCUT2D eigenvalue weighted by molar-refractivity contribution is -0.134. The third-order valence-corrected chi connectivity index (χ3v) is 4.32. The third kappa shape index (κ3) is 3.15. The number of hydrogen-bond acceptors (Lipinski definition) is 3. The number of carbonyl (C=O) groups excluding carboxylic acids is 1. The summed E-state index contributed by atoms with van der Waals surface area (Å²) in [4.78, 5) is 30.1. The molecule has 20 heavy (non-hydrogen) atoms. The van der Waals surface area contributed by atoms with Gasteiger partial charge in [0.05, 0.1) is 0 Å². The molecule has 1 amide bonds. The van der Waals surface area contributed by atoms with E-state index in [1.54, 1.807) is 6.92 Å². The summed E-state index contributed by atoms with van der Waals surface area (Å²) in [6.45, 7) is 3.17. The van der Waals surface area contributed by atoms with Gasteiger partial charge >= 0.3 is 0 Å². The Morgan fingerprint density at radius 3 is 2.45 bits per heavy atom. The molecule has 0 aromatic carbocycles. The van der Waals surface area contributed by atoms with E-state index in [-0.39, 0.29) is 16.1 Å². The van der Waals surface area contributed by atoms with Crippen LogP contribution in [-0.2, 0) is 4.79 Å². The normalized spacial score (nSPS) is 17.6. The topological polar surface area (TPSA) is 55.2 Å². The molecule has 1 fully saturated rings. The van der Waals surface area contributed by atoms with Crippen LogP contribution in [0.2, 0.25) is 10.2 Å². The fraction of sp³-hybridized carbons (Fsp3) is 0.615. The molecule has 1 aromatic heterocycles. The van der Waals surface area contributed by atoms with E-state index in [4.69, 9.17) is 23.2 Å². The van der Waals surface area contributed by atoms with Crippen molar-refractivity contribution in [1.29, 1.82) is 0 Å². The first-order chi connectivity index (χ1) is 9.52. The quantitative estimate of drug-likeness (QED) is 0.787. The second-order valence-electron chi connectivity index (χ2n) is 4.98. The Morgan fingerprint density at radius 2 is 1.85 bits per heavy atom. The lowest BCUT2D eigenvalue weighted by Gasteiger charge is -2.25. The summed E-state index contributed by atoms with van der Waals surface area (Å²) in [5.41, 5.74) is -0.484. The summed E-state index contributed by atoms with van der Waals surface area (Å²) < 4.78 is 1.24. The van der Waals surface area contributed by atoms with Crippen molar-refractivity contribution in [2.75, 3.05) is 13.1 Å². The fourth-order valence-electron chi connectivity index (χ4n) is 2.37. The number of nitrogens with zero attached hydrogens (tertiary/aromatic N) is 3. The van der Waals surface area contributed by atoms with Crippen LogP contribution in [0.3, 0.4) is 0 Å². The molecule has 0 N–H and O–H groups in total. The number of halogens is 2. The van der Waals surface area contributed by atoms with Crippen LogP contribution in [0.4, 0.5) is 0 Å². The molecule has 2 rings (SSSR count). The Labute approximate surface area is 127 Å². The second kappa shape index (κ2) is 6.59. The van der Waals surface area contributed by atoms with E-state index in [0.29, 0.717) is 0 Å².